The minimum absolute atomic E-state index is 0.133. The van der Waals surface area contributed by atoms with E-state index in [4.69, 9.17) is 16.3 Å². The number of hydrogen-bond acceptors (Lipinski definition) is 4. The Morgan fingerprint density at radius 1 is 1.10 bits per heavy atom. The average Bonchev–Trinajstić information content (AvgIpc) is 2.74. The third kappa shape index (κ3) is 5.92. The van der Waals surface area contributed by atoms with Crippen molar-refractivity contribution in [1.29, 1.82) is 0 Å². The van der Waals surface area contributed by atoms with Crippen LogP contribution in [0.1, 0.15) is 63.0 Å². The number of benzene rings is 2. The molecule has 31 heavy (non-hydrogen) atoms. The Labute approximate surface area is 195 Å². The Bertz CT molecular complexity index is 867. The first kappa shape index (κ1) is 22.8. The molecular weight excluding hydrogens is 426 g/mol. The zero-order valence-corrected chi connectivity index (χ0v) is 19.8. The summed E-state index contributed by atoms with van der Waals surface area (Å²) in [4.78, 5) is 5.89. The quantitative estimate of drug-likeness (QED) is 0.443. The molecule has 1 unspecified atom stereocenters. The number of nitrogens with zero attached hydrogens (tertiary/aromatic N) is 1. The molecule has 0 spiro atoms. The molecule has 2 aromatic rings. The smallest absolute Gasteiger partial charge is 0.149 e. The van der Waals surface area contributed by atoms with Crippen LogP contribution in [0.3, 0.4) is 0 Å². The predicted octanol–water partition coefficient (Wildman–Crippen LogP) is 6.79. The molecule has 2 aliphatic rings. The van der Waals surface area contributed by atoms with Crippen LogP contribution in [0.15, 0.2) is 58.4 Å². The summed E-state index contributed by atoms with van der Waals surface area (Å²) in [5.41, 5.74) is 3.37. The third-order valence-electron chi connectivity index (χ3n) is 6.42. The number of aliphatic imine (C=N–C) groups is 1. The van der Waals surface area contributed by atoms with E-state index in [-0.39, 0.29) is 11.7 Å². The Hall–Kier alpha value is -1.33. The largest absolute Gasteiger partial charge is 0.371 e. The number of aliphatic hydroxyl groups excluding tert-OH is 1. The van der Waals surface area contributed by atoms with Crippen LogP contribution in [-0.4, -0.2) is 28.9 Å². The fourth-order valence-corrected chi connectivity index (χ4v) is 5.36. The summed E-state index contributed by atoms with van der Waals surface area (Å²) in [5, 5.41) is 11.2. The van der Waals surface area contributed by atoms with Crippen molar-refractivity contribution >= 4 is 29.1 Å². The van der Waals surface area contributed by atoms with Crippen molar-refractivity contribution in [3.8, 4) is 0 Å². The Balaban J connectivity index is 1.28. The van der Waals surface area contributed by atoms with E-state index in [1.54, 1.807) is 0 Å². The van der Waals surface area contributed by atoms with Gasteiger partial charge >= 0.3 is 0 Å². The van der Waals surface area contributed by atoms with Gasteiger partial charge in [-0.3, -0.25) is 4.99 Å². The molecule has 0 heterocycles. The average molecular weight is 458 g/mol. The van der Waals surface area contributed by atoms with Crippen LogP contribution in [0.25, 0.3) is 0 Å². The minimum atomic E-state index is -0.663. The zero-order chi connectivity index (χ0) is 21.7. The van der Waals surface area contributed by atoms with Crippen LogP contribution in [0.2, 0.25) is 5.02 Å². The molecule has 166 valence electrons. The van der Waals surface area contributed by atoms with Gasteiger partial charge in [0.2, 0.25) is 0 Å². The van der Waals surface area contributed by atoms with E-state index in [0.29, 0.717) is 6.42 Å². The molecule has 0 aromatic heterocycles. The summed E-state index contributed by atoms with van der Waals surface area (Å²) < 4.78 is 6.66. The molecule has 2 aliphatic carbocycles. The van der Waals surface area contributed by atoms with Gasteiger partial charge in [-0.05, 0) is 86.1 Å². The van der Waals surface area contributed by atoms with E-state index in [1.165, 1.54) is 16.9 Å². The van der Waals surface area contributed by atoms with Gasteiger partial charge in [0.05, 0.1) is 11.7 Å². The number of ether oxygens (including phenoxy) is 1. The maximum Gasteiger partial charge on any atom is 0.149 e. The van der Waals surface area contributed by atoms with Crippen molar-refractivity contribution in [1.82, 2.24) is 0 Å². The van der Waals surface area contributed by atoms with Gasteiger partial charge in [0.1, 0.15) is 6.23 Å². The van der Waals surface area contributed by atoms with Crippen molar-refractivity contribution in [2.75, 3.05) is 5.75 Å². The molecule has 0 aliphatic heterocycles. The van der Waals surface area contributed by atoms with E-state index in [1.807, 2.05) is 23.9 Å². The summed E-state index contributed by atoms with van der Waals surface area (Å²) >= 11 is 7.90. The molecule has 0 radical (unpaired) electrons. The Kier molecular flexibility index (Phi) is 7.76. The lowest BCUT2D eigenvalue weighted by atomic mass is 9.74. The predicted molar refractivity (Wildman–Crippen MR) is 130 cm³/mol. The van der Waals surface area contributed by atoms with E-state index < -0.39 is 6.23 Å². The van der Waals surface area contributed by atoms with Gasteiger partial charge in [0, 0.05) is 22.1 Å². The topological polar surface area (TPSA) is 41.8 Å². The Morgan fingerprint density at radius 3 is 2.35 bits per heavy atom. The molecule has 2 saturated carbocycles. The van der Waals surface area contributed by atoms with Gasteiger partial charge in [0.15, 0.2) is 0 Å². The van der Waals surface area contributed by atoms with Crippen molar-refractivity contribution in [2.24, 2.45) is 4.99 Å². The highest BCUT2D eigenvalue weighted by atomic mass is 35.5. The second kappa shape index (κ2) is 10.5. The van der Waals surface area contributed by atoms with Crippen molar-refractivity contribution in [2.45, 2.75) is 81.1 Å². The highest BCUT2D eigenvalue weighted by Gasteiger charge is 2.42. The lowest BCUT2D eigenvalue weighted by Crippen LogP contribution is -2.41. The highest BCUT2D eigenvalue weighted by Crippen LogP contribution is 2.47. The molecule has 3 nitrogen and oxygen atoms in total. The molecule has 1 atom stereocenters. The van der Waals surface area contributed by atoms with Gasteiger partial charge in [-0.25, -0.2) is 0 Å². The van der Waals surface area contributed by atoms with E-state index in [2.05, 4.69) is 48.3 Å². The molecule has 2 fully saturated rings. The second-order valence-electron chi connectivity index (χ2n) is 8.63. The maximum atomic E-state index is 10.5. The molecule has 0 amide bonds. The summed E-state index contributed by atoms with van der Waals surface area (Å²) in [6.07, 6.45) is 7.32. The number of halogens is 1. The molecule has 0 saturated heterocycles. The molecule has 4 rings (SSSR count). The standard InChI is InChI=1S/C26H32ClNO2S/c1-2-31-24-14-4-19(5-15-24)18-25(29)28-22-10-12-23(13-11-22)30-26(16-3-17-26)20-6-8-21(27)9-7-20/h4-9,14-15,23,25,29H,2-3,10-13,16-18H2,1H3. The second-order valence-corrected chi connectivity index (χ2v) is 10.4. The van der Waals surface area contributed by atoms with Crippen LogP contribution in [-0.2, 0) is 16.8 Å². The molecule has 2 aromatic carbocycles. The first-order valence-corrected chi connectivity index (χ1v) is 12.8. The van der Waals surface area contributed by atoms with E-state index >= 15 is 0 Å². The lowest BCUT2D eigenvalue weighted by Gasteiger charge is -2.45. The minimum Gasteiger partial charge on any atom is -0.371 e. The van der Waals surface area contributed by atoms with Gasteiger partial charge in [0.25, 0.3) is 0 Å². The van der Waals surface area contributed by atoms with E-state index in [9.17, 15) is 5.11 Å². The van der Waals surface area contributed by atoms with Crippen LogP contribution < -0.4 is 0 Å². The first-order chi connectivity index (χ1) is 15.1. The number of aliphatic hydroxyl groups is 1. The third-order valence-corrected chi connectivity index (χ3v) is 7.56. The Morgan fingerprint density at radius 2 is 1.77 bits per heavy atom. The highest BCUT2D eigenvalue weighted by molar-refractivity contribution is 7.99. The molecule has 1 N–H and O–H groups in total. The summed E-state index contributed by atoms with van der Waals surface area (Å²) in [6, 6.07) is 16.6. The number of hydrogen-bond donors (Lipinski definition) is 1. The van der Waals surface area contributed by atoms with Gasteiger partial charge in [-0.1, -0.05) is 42.8 Å². The van der Waals surface area contributed by atoms with Gasteiger partial charge in [-0.15, -0.1) is 11.8 Å². The van der Waals surface area contributed by atoms with Crippen molar-refractivity contribution in [3.63, 3.8) is 0 Å². The van der Waals surface area contributed by atoms with E-state index in [0.717, 1.165) is 60.6 Å². The fourth-order valence-electron chi connectivity index (χ4n) is 4.57. The van der Waals surface area contributed by atoms with Crippen molar-refractivity contribution in [3.05, 3.63) is 64.7 Å². The zero-order valence-electron chi connectivity index (χ0n) is 18.2. The summed E-state index contributed by atoms with van der Waals surface area (Å²) in [7, 11) is 0. The lowest BCUT2D eigenvalue weighted by molar-refractivity contribution is -0.150. The summed E-state index contributed by atoms with van der Waals surface area (Å²) in [5.74, 6) is 1.07. The number of rotatable bonds is 8. The fraction of sp³-hybridized carbons (Fsp3) is 0.500. The van der Waals surface area contributed by atoms with Gasteiger partial charge in [-0.2, -0.15) is 0 Å². The monoisotopic (exact) mass is 457 g/mol. The van der Waals surface area contributed by atoms with Gasteiger partial charge < -0.3 is 9.84 Å². The molecule has 0 bridgehead atoms. The maximum absolute atomic E-state index is 10.5. The SMILES string of the molecule is CCSc1ccc(CC(O)N=C2CCC(OC3(c4ccc(Cl)cc4)CCC3)CC2)cc1. The normalized spacial score (nSPS) is 21.4. The molecule has 5 heteroatoms. The van der Waals surface area contributed by atoms with Crippen LogP contribution in [0.4, 0.5) is 0 Å². The molecular formula is C26H32ClNO2S. The van der Waals surface area contributed by atoms with Crippen LogP contribution in [0.5, 0.6) is 0 Å². The number of thioether (sulfide) groups is 1. The summed E-state index contributed by atoms with van der Waals surface area (Å²) in [6.45, 7) is 2.15. The van der Waals surface area contributed by atoms with Crippen LogP contribution in [0, 0.1) is 0 Å². The first-order valence-electron chi connectivity index (χ1n) is 11.5. The van der Waals surface area contributed by atoms with Crippen LogP contribution >= 0.6 is 23.4 Å². The van der Waals surface area contributed by atoms with Crippen molar-refractivity contribution < 1.29 is 9.84 Å².